The molecular formula is C39H51NO3. The Morgan fingerprint density at radius 3 is 2.12 bits per heavy atom. The monoisotopic (exact) mass is 581 g/mol. The minimum Gasteiger partial charge on any atom is -0.457 e. The summed E-state index contributed by atoms with van der Waals surface area (Å²) in [4.78, 5) is 12.8. The first-order valence-corrected chi connectivity index (χ1v) is 15.4. The lowest BCUT2D eigenvalue weighted by Gasteiger charge is -2.32. The van der Waals surface area contributed by atoms with Crippen molar-refractivity contribution in [1.29, 1.82) is 0 Å². The smallest absolute Gasteiger partial charge is 0.336 e. The molecule has 43 heavy (non-hydrogen) atoms. The lowest BCUT2D eigenvalue weighted by Crippen LogP contribution is -2.19. The SMILES string of the molecule is CC1=C(/C=C/C(C)=C/C=C/C(C)=C/C(=O)Oc2c(C)cc(Oc3c(C)cc(CC(C)N)cc3C)cc2C)C(C)(C)CCC1. The normalized spacial score (nSPS) is 16.7. The fourth-order valence-corrected chi connectivity index (χ4v) is 5.94. The molecule has 1 atom stereocenters. The van der Waals surface area contributed by atoms with E-state index < -0.39 is 5.97 Å². The van der Waals surface area contributed by atoms with Gasteiger partial charge in [0.05, 0.1) is 0 Å². The summed E-state index contributed by atoms with van der Waals surface area (Å²) < 4.78 is 12.1. The van der Waals surface area contributed by atoms with Crippen molar-refractivity contribution in [2.24, 2.45) is 11.1 Å². The number of carbonyl (C=O) groups excluding carboxylic acids is 1. The van der Waals surface area contributed by atoms with Gasteiger partial charge in [-0.3, -0.25) is 0 Å². The Labute approximate surface area is 260 Å². The molecule has 1 unspecified atom stereocenters. The number of benzene rings is 2. The highest BCUT2D eigenvalue weighted by molar-refractivity contribution is 5.85. The first-order chi connectivity index (χ1) is 20.2. The van der Waals surface area contributed by atoms with Crippen molar-refractivity contribution >= 4 is 5.97 Å². The summed E-state index contributed by atoms with van der Waals surface area (Å²) >= 11 is 0. The van der Waals surface area contributed by atoms with Gasteiger partial charge in [0.2, 0.25) is 0 Å². The third-order valence-electron chi connectivity index (χ3n) is 8.05. The van der Waals surface area contributed by atoms with E-state index in [1.165, 1.54) is 42.0 Å². The van der Waals surface area contributed by atoms with Gasteiger partial charge in [0.1, 0.15) is 17.2 Å². The number of aryl methyl sites for hydroxylation is 4. The van der Waals surface area contributed by atoms with Crippen LogP contribution < -0.4 is 15.2 Å². The molecule has 2 aromatic rings. The first kappa shape index (κ1) is 33.9. The maximum absolute atomic E-state index is 12.8. The predicted octanol–water partition coefficient (Wildman–Crippen LogP) is 10.0. The van der Waals surface area contributed by atoms with E-state index in [4.69, 9.17) is 15.2 Å². The van der Waals surface area contributed by atoms with Crippen LogP contribution in [0.25, 0.3) is 0 Å². The summed E-state index contributed by atoms with van der Waals surface area (Å²) in [5.41, 5.74) is 16.2. The Bertz CT molecular complexity index is 1450. The van der Waals surface area contributed by atoms with Gasteiger partial charge in [0, 0.05) is 12.1 Å². The van der Waals surface area contributed by atoms with Gasteiger partial charge < -0.3 is 15.2 Å². The summed E-state index contributed by atoms with van der Waals surface area (Å²) in [7, 11) is 0. The highest BCUT2D eigenvalue weighted by atomic mass is 16.5. The van der Waals surface area contributed by atoms with Gasteiger partial charge in [-0.2, -0.15) is 0 Å². The number of hydrogen-bond acceptors (Lipinski definition) is 4. The van der Waals surface area contributed by atoms with Crippen LogP contribution in [0.3, 0.4) is 0 Å². The van der Waals surface area contributed by atoms with Crippen molar-refractivity contribution in [2.45, 2.75) is 101 Å². The molecule has 0 aromatic heterocycles. The molecule has 3 rings (SSSR count). The molecule has 2 aromatic carbocycles. The van der Waals surface area contributed by atoms with E-state index in [-0.39, 0.29) is 11.5 Å². The lowest BCUT2D eigenvalue weighted by atomic mass is 9.72. The minimum atomic E-state index is -0.402. The van der Waals surface area contributed by atoms with Gasteiger partial charge in [-0.15, -0.1) is 0 Å². The topological polar surface area (TPSA) is 61.5 Å². The molecule has 1 aliphatic carbocycles. The summed E-state index contributed by atoms with van der Waals surface area (Å²) in [6.07, 6.45) is 16.5. The molecule has 0 saturated heterocycles. The Morgan fingerprint density at radius 1 is 0.930 bits per heavy atom. The lowest BCUT2D eigenvalue weighted by molar-refractivity contribution is -0.129. The molecule has 230 valence electrons. The molecule has 0 amide bonds. The zero-order valence-corrected chi connectivity index (χ0v) is 28.0. The summed E-state index contributed by atoms with van der Waals surface area (Å²) in [5.74, 6) is 1.71. The van der Waals surface area contributed by atoms with Gasteiger partial charge in [0.25, 0.3) is 0 Å². The van der Waals surface area contributed by atoms with E-state index in [0.29, 0.717) is 11.5 Å². The number of rotatable bonds is 10. The number of esters is 1. The molecule has 0 heterocycles. The molecule has 2 N–H and O–H groups in total. The van der Waals surface area contributed by atoms with Crippen LogP contribution in [0.4, 0.5) is 0 Å². The second-order valence-electron chi connectivity index (χ2n) is 13.1. The molecular weight excluding hydrogens is 530 g/mol. The van der Waals surface area contributed by atoms with Gasteiger partial charge in [-0.25, -0.2) is 4.79 Å². The van der Waals surface area contributed by atoms with Crippen LogP contribution in [0.1, 0.15) is 88.6 Å². The average molecular weight is 582 g/mol. The van der Waals surface area contributed by atoms with Crippen LogP contribution in [0, 0.1) is 33.1 Å². The minimum absolute atomic E-state index is 0.107. The predicted molar refractivity (Wildman–Crippen MR) is 181 cm³/mol. The zero-order valence-electron chi connectivity index (χ0n) is 28.0. The molecule has 0 aliphatic heterocycles. The molecule has 0 fully saturated rings. The van der Waals surface area contributed by atoms with E-state index in [0.717, 1.165) is 45.6 Å². The van der Waals surface area contributed by atoms with Crippen molar-refractivity contribution in [2.75, 3.05) is 0 Å². The maximum atomic E-state index is 12.8. The van der Waals surface area contributed by atoms with Crippen LogP contribution in [0.5, 0.6) is 17.2 Å². The second kappa shape index (κ2) is 14.7. The molecule has 4 heteroatoms. The van der Waals surface area contributed by atoms with Crippen molar-refractivity contribution < 1.29 is 14.3 Å². The molecule has 0 radical (unpaired) electrons. The summed E-state index contributed by atoms with van der Waals surface area (Å²) in [5, 5.41) is 0. The van der Waals surface area contributed by atoms with E-state index in [1.54, 1.807) is 0 Å². The maximum Gasteiger partial charge on any atom is 0.336 e. The quantitative estimate of drug-likeness (QED) is 0.131. The van der Waals surface area contributed by atoms with Crippen LogP contribution in [-0.4, -0.2) is 12.0 Å². The average Bonchev–Trinajstić information content (AvgIpc) is 2.87. The highest BCUT2D eigenvalue weighted by Gasteiger charge is 2.26. The molecule has 0 bridgehead atoms. The number of carbonyl (C=O) groups is 1. The Morgan fingerprint density at radius 2 is 1.53 bits per heavy atom. The number of hydrogen-bond donors (Lipinski definition) is 1. The summed E-state index contributed by atoms with van der Waals surface area (Å²) in [6, 6.07) is 8.20. The van der Waals surface area contributed by atoms with E-state index in [9.17, 15) is 4.79 Å². The highest BCUT2D eigenvalue weighted by Crippen LogP contribution is 2.41. The fourth-order valence-electron chi connectivity index (χ4n) is 5.94. The third kappa shape index (κ3) is 9.69. The Hall–Kier alpha value is -3.63. The van der Waals surface area contributed by atoms with Crippen LogP contribution >= 0.6 is 0 Å². The van der Waals surface area contributed by atoms with Crippen LogP contribution in [0.15, 0.2) is 83.0 Å². The number of allylic oxidation sites excluding steroid dienone is 9. The third-order valence-corrected chi connectivity index (χ3v) is 8.05. The van der Waals surface area contributed by atoms with Gasteiger partial charge >= 0.3 is 5.97 Å². The number of ether oxygens (including phenoxy) is 2. The first-order valence-electron chi connectivity index (χ1n) is 15.4. The fraction of sp³-hybridized carbons (Fsp3) is 0.410. The van der Waals surface area contributed by atoms with E-state index in [2.05, 4.69) is 71.9 Å². The van der Waals surface area contributed by atoms with Crippen molar-refractivity contribution in [1.82, 2.24) is 0 Å². The van der Waals surface area contributed by atoms with Gasteiger partial charge in [-0.05, 0) is 138 Å². The van der Waals surface area contributed by atoms with Crippen LogP contribution in [0.2, 0.25) is 0 Å². The standard InChI is InChI=1S/C39H51NO3/c1-25(16-17-35-27(3)15-12-18-39(35,9)10)13-11-14-26(2)19-36(41)43-38-30(6)22-34(23-31(38)7)42-37-28(4)20-33(21-29(37)5)24-32(8)40/h11,13-14,16-17,19-23,32H,12,15,18,24,40H2,1-10H3/b14-11+,17-16+,25-13+,26-19+. The molecule has 0 spiro atoms. The van der Waals surface area contributed by atoms with E-state index in [1.807, 2.05) is 52.0 Å². The van der Waals surface area contributed by atoms with Gasteiger partial charge in [-0.1, -0.05) is 67.5 Å². The summed E-state index contributed by atoms with van der Waals surface area (Å²) in [6.45, 7) is 20.9. The largest absolute Gasteiger partial charge is 0.457 e. The number of nitrogens with two attached hydrogens (primary N) is 1. The molecule has 1 aliphatic rings. The van der Waals surface area contributed by atoms with Crippen LogP contribution in [-0.2, 0) is 11.2 Å². The molecule has 4 nitrogen and oxygen atoms in total. The van der Waals surface area contributed by atoms with Gasteiger partial charge in [0.15, 0.2) is 0 Å². The van der Waals surface area contributed by atoms with Crippen molar-refractivity contribution in [3.05, 3.63) is 111 Å². The zero-order chi connectivity index (χ0) is 31.9. The van der Waals surface area contributed by atoms with E-state index >= 15 is 0 Å². The van der Waals surface area contributed by atoms with Crippen molar-refractivity contribution in [3.63, 3.8) is 0 Å². The van der Waals surface area contributed by atoms with Crippen molar-refractivity contribution in [3.8, 4) is 17.2 Å². The Balaban J connectivity index is 1.65. The Kier molecular flexibility index (Phi) is 11.6. The second-order valence-corrected chi connectivity index (χ2v) is 13.1. The molecule has 0 saturated carbocycles.